The summed E-state index contributed by atoms with van der Waals surface area (Å²) in [6.07, 6.45) is 1.48. The van der Waals surface area contributed by atoms with Crippen LogP contribution in [0.15, 0.2) is 102 Å². The molecule has 0 spiro atoms. The van der Waals surface area contributed by atoms with E-state index in [-0.39, 0.29) is 23.1 Å². The number of hydrogen-bond acceptors (Lipinski definition) is 6. The van der Waals surface area contributed by atoms with E-state index in [2.05, 4.69) is 16.0 Å². The van der Waals surface area contributed by atoms with Crippen LogP contribution in [-0.2, 0) is 9.59 Å². The summed E-state index contributed by atoms with van der Waals surface area (Å²) in [5.74, 6) is -0.658. The summed E-state index contributed by atoms with van der Waals surface area (Å²) in [4.78, 5) is 39.7. The van der Waals surface area contributed by atoms with Crippen molar-refractivity contribution in [3.05, 3.63) is 119 Å². The van der Waals surface area contributed by atoms with Gasteiger partial charge in [-0.2, -0.15) is 0 Å². The number of amides is 3. The van der Waals surface area contributed by atoms with Crippen LogP contribution in [0, 0.1) is 13.8 Å². The van der Waals surface area contributed by atoms with E-state index in [1.165, 1.54) is 37.1 Å². The van der Waals surface area contributed by atoms with Crippen molar-refractivity contribution in [3.63, 3.8) is 0 Å². The third-order valence-electron chi connectivity index (χ3n) is 6.39. The first-order valence-corrected chi connectivity index (χ1v) is 14.1. The topological polar surface area (TPSA) is 117 Å². The Labute approximate surface area is 248 Å². The molecule has 0 aliphatic rings. The van der Waals surface area contributed by atoms with Gasteiger partial charge in [-0.1, -0.05) is 36.4 Å². The van der Waals surface area contributed by atoms with Crippen LogP contribution in [0.2, 0.25) is 0 Å². The van der Waals surface area contributed by atoms with E-state index in [4.69, 9.17) is 4.74 Å². The highest BCUT2D eigenvalue weighted by atomic mass is 32.2. The number of carbonyl (C=O) groups is 3. The van der Waals surface area contributed by atoms with Crippen LogP contribution < -0.4 is 20.7 Å². The van der Waals surface area contributed by atoms with Crippen molar-refractivity contribution in [1.82, 2.24) is 5.32 Å². The van der Waals surface area contributed by atoms with Crippen molar-refractivity contribution in [1.29, 1.82) is 0 Å². The van der Waals surface area contributed by atoms with Crippen molar-refractivity contribution in [3.8, 4) is 11.5 Å². The molecule has 3 amide bonds. The number of hydrogen-bond donors (Lipinski definition) is 4. The fraction of sp³-hybridized carbons (Fsp3) is 0.121. The predicted molar refractivity (Wildman–Crippen MR) is 167 cm³/mol. The Kier molecular flexibility index (Phi) is 10.0. The van der Waals surface area contributed by atoms with Gasteiger partial charge >= 0.3 is 0 Å². The second-order valence-corrected chi connectivity index (χ2v) is 10.4. The number of benzene rings is 4. The highest BCUT2D eigenvalue weighted by Crippen LogP contribution is 2.27. The number of aryl methyl sites for hydroxylation is 1. The van der Waals surface area contributed by atoms with Crippen LogP contribution in [-0.4, -0.2) is 35.7 Å². The van der Waals surface area contributed by atoms with Gasteiger partial charge in [-0.25, -0.2) is 0 Å². The molecule has 0 aliphatic heterocycles. The van der Waals surface area contributed by atoms with Gasteiger partial charge < -0.3 is 25.8 Å². The first kappa shape index (κ1) is 30.0. The Morgan fingerprint density at radius 3 is 2.40 bits per heavy atom. The molecular formula is C33H31N3O5S. The number of methoxy groups -OCH3 is 1. The maximum atomic E-state index is 13.4. The summed E-state index contributed by atoms with van der Waals surface area (Å²) < 4.78 is 5.34. The fourth-order valence-electron chi connectivity index (χ4n) is 4.00. The van der Waals surface area contributed by atoms with Crippen LogP contribution in [0.1, 0.15) is 27.0 Å². The molecule has 0 aromatic heterocycles. The lowest BCUT2D eigenvalue weighted by molar-refractivity contribution is -0.114. The summed E-state index contributed by atoms with van der Waals surface area (Å²) in [5.41, 5.74) is 4.22. The third kappa shape index (κ3) is 8.02. The lowest BCUT2D eigenvalue weighted by atomic mass is 10.1. The lowest BCUT2D eigenvalue weighted by Crippen LogP contribution is -2.30. The van der Waals surface area contributed by atoms with Crippen LogP contribution in [0.4, 0.5) is 11.4 Å². The van der Waals surface area contributed by atoms with E-state index in [0.29, 0.717) is 22.6 Å². The van der Waals surface area contributed by atoms with Gasteiger partial charge in [-0.15, -0.1) is 11.8 Å². The van der Waals surface area contributed by atoms with E-state index in [1.54, 1.807) is 54.6 Å². The molecule has 4 aromatic carbocycles. The molecule has 0 saturated carbocycles. The van der Waals surface area contributed by atoms with Crippen molar-refractivity contribution in [2.24, 2.45) is 0 Å². The number of aromatic hydroxyl groups is 1. The number of phenols is 1. The third-order valence-corrected chi connectivity index (χ3v) is 7.38. The molecule has 9 heteroatoms. The quantitative estimate of drug-likeness (QED) is 0.132. The van der Waals surface area contributed by atoms with Crippen LogP contribution in [0.3, 0.4) is 0 Å². The Hall–Kier alpha value is -5.02. The van der Waals surface area contributed by atoms with Gasteiger partial charge in [-0.3, -0.25) is 14.4 Å². The number of ether oxygens (including phenoxy) is 1. The van der Waals surface area contributed by atoms with Gasteiger partial charge in [0.2, 0.25) is 5.91 Å². The fourth-order valence-corrected chi connectivity index (χ4v) is 4.76. The number of rotatable bonds is 10. The normalized spacial score (nSPS) is 11.0. The molecule has 0 radical (unpaired) electrons. The maximum Gasteiger partial charge on any atom is 0.272 e. The molecule has 0 aliphatic carbocycles. The number of thioether (sulfide) groups is 1. The SMILES string of the molecule is COc1cc(O)ccc1/C=C(/NC(=O)c1ccccc1)C(=O)Nc1cccc(SCC(=O)Nc2cccc(C)c2C)c1. The molecule has 214 valence electrons. The molecule has 4 rings (SSSR count). The molecule has 8 nitrogen and oxygen atoms in total. The van der Waals surface area contributed by atoms with Crippen molar-refractivity contribution < 1.29 is 24.2 Å². The Balaban J connectivity index is 1.49. The highest BCUT2D eigenvalue weighted by molar-refractivity contribution is 8.00. The molecule has 0 bridgehead atoms. The second-order valence-electron chi connectivity index (χ2n) is 9.37. The van der Waals surface area contributed by atoms with Crippen molar-refractivity contribution >= 4 is 46.9 Å². The van der Waals surface area contributed by atoms with Gasteiger partial charge in [-0.05, 0) is 79.6 Å². The van der Waals surface area contributed by atoms with Gasteiger partial charge in [0.1, 0.15) is 17.2 Å². The molecule has 0 fully saturated rings. The van der Waals surface area contributed by atoms with E-state index < -0.39 is 11.8 Å². The molecular weight excluding hydrogens is 550 g/mol. The summed E-state index contributed by atoms with van der Waals surface area (Å²) in [5, 5.41) is 18.3. The zero-order chi connectivity index (χ0) is 30.1. The summed E-state index contributed by atoms with van der Waals surface area (Å²) in [7, 11) is 1.44. The Morgan fingerprint density at radius 1 is 0.881 bits per heavy atom. The molecule has 4 N–H and O–H groups in total. The first-order chi connectivity index (χ1) is 20.2. The molecule has 0 atom stereocenters. The molecule has 0 saturated heterocycles. The maximum absolute atomic E-state index is 13.4. The van der Waals surface area contributed by atoms with E-state index >= 15 is 0 Å². The predicted octanol–water partition coefficient (Wildman–Crippen LogP) is 6.16. The second kappa shape index (κ2) is 14.0. The van der Waals surface area contributed by atoms with E-state index in [1.807, 2.05) is 38.1 Å². The average molecular weight is 582 g/mol. The smallest absolute Gasteiger partial charge is 0.272 e. The Bertz CT molecular complexity index is 1640. The molecule has 42 heavy (non-hydrogen) atoms. The van der Waals surface area contributed by atoms with Crippen LogP contribution in [0.5, 0.6) is 11.5 Å². The van der Waals surface area contributed by atoms with Crippen molar-refractivity contribution in [2.45, 2.75) is 18.7 Å². The number of anilines is 2. The zero-order valence-corrected chi connectivity index (χ0v) is 24.2. The first-order valence-electron chi connectivity index (χ1n) is 13.1. The van der Waals surface area contributed by atoms with Crippen molar-refractivity contribution in [2.75, 3.05) is 23.5 Å². The van der Waals surface area contributed by atoms with Crippen LogP contribution in [0.25, 0.3) is 6.08 Å². The van der Waals surface area contributed by atoms with Gasteiger partial charge in [0.25, 0.3) is 11.8 Å². The zero-order valence-electron chi connectivity index (χ0n) is 23.4. The lowest BCUT2D eigenvalue weighted by Gasteiger charge is -2.13. The minimum Gasteiger partial charge on any atom is -0.508 e. The molecule has 4 aromatic rings. The van der Waals surface area contributed by atoms with E-state index in [0.717, 1.165) is 21.7 Å². The van der Waals surface area contributed by atoms with E-state index in [9.17, 15) is 19.5 Å². The Morgan fingerprint density at radius 2 is 1.64 bits per heavy atom. The largest absolute Gasteiger partial charge is 0.508 e. The van der Waals surface area contributed by atoms with Gasteiger partial charge in [0.15, 0.2) is 0 Å². The standard InChI is InChI=1S/C33H31N3O5S/c1-21-9-7-14-28(22(21)2)35-31(38)20-42-27-13-8-12-25(18-27)34-33(40)29(36-32(39)23-10-5-4-6-11-23)17-24-15-16-26(37)19-30(24)41-3/h4-19,37H,20H2,1-3H3,(H,34,40)(H,35,38)(H,36,39)/b29-17+. The monoisotopic (exact) mass is 581 g/mol. The molecule has 0 heterocycles. The molecule has 0 unspecified atom stereocenters. The summed E-state index contributed by atoms with van der Waals surface area (Å²) >= 11 is 1.34. The minimum atomic E-state index is -0.566. The number of nitrogens with one attached hydrogen (secondary N) is 3. The highest BCUT2D eigenvalue weighted by Gasteiger charge is 2.17. The summed E-state index contributed by atoms with van der Waals surface area (Å²) in [6, 6.07) is 25.8. The van der Waals surface area contributed by atoms with Gasteiger partial charge in [0, 0.05) is 33.5 Å². The minimum absolute atomic E-state index is 0.000311. The van der Waals surface area contributed by atoms with Crippen LogP contribution >= 0.6 is 11.8 Å². The summed E-state index contributed by atoms with van der Waals surface area (Å²) in [6.45, 7) is 3.96. The number of carbonyl (C=O) groups excluding carboxylic acids is 3. The van der Waals surface area contributed by atoms with Gasteiger partial charge in [0.05, 0.1) is 12.9 Å². The number of phenolic OH excluding ortho intramolecular Hbond substituents is 1. The average Bonchev–Trinajstić information content (AvgIpc) is 2.99.